The van der Waals surface area contributed by atoms with Crippen LogP contribution in [0.25, 0.3) is 0 Å². The van der Waals surface area contributed by atoms with E-state index in [0.717, 1.165) is 25.0 Å². The van der Waals surface area contributed by atoms with Gasteiger partial charge >= 0.3 is 0 Å². The van der Waals surface area contributed by atoms with Crippen LogP contribution in [0, 0.1) is 5.92 Å². The van der Waals surface area contributed by atoms with Gasteiger partial charge in [0, 0.05) is 11.8 Å². The fraction of sp³-hybridized carbons (Fsp3) is 0.875. The molecule has 21 heavy (non-hydrogen) atoms. The molecule has 5 heteroatoms. The molecule has 2 atom stereocenters. The quantitative estimate of drug-likeness (QED) is 0.512. The molecule has 0 aromatic heterocycles. The maximum atomic E-state index is 12.4. The van der Waals surface area contributed by atoms with E-state index in [0.29, 0.717) is 10.2 Å². The first kappa shape index (κ1) is 18.9. The van der Waals surface area contributed by atoms with Crippen molar-refractivity contribution in [3.63, 3.8) is 0 Å². The highest BCUT2D eigenvalue weighted by molar-refractivity contribution is 8.23. The normalized spacial score (nSPS) is 20.3. The predicted molar refractivity (Wildman–Crippen MR) is 94.5 cm³/mol. The molecule has 1 rings (SSSR count). The fourth-order valence-electron chi connectivity index (χ4n) is 2.60. The Morgan fingerprint density at radius 1 is 1.38 bits per heavy atom. The Kier molecular flexibility index (Phi) is 8.83. The first-order valence-electron chi connectivity index (χ1n) is 8.14. The smallest absolute Gasteiger partial charge is 0.230 e. The summed E-state index contributed by atoms with van der Waals surface area (Å²) in [4.78, 5) is 14.1. The number of carbonyl (C=O) groups excluding carboxylic acids is 1. The van der Waals surface area contributed by atoms with Crippen LogP contribution in [0.4, 0.5) is 0 Å². The molecule has 0 aromatic carbocycles. The minimum Gasteiger partial charge on any atom is -0.393 e. The largest absolute Gasteiger partial charge is 0.393 e. The van der Waals surface area contributed by atoms with Crippen molar-refractivity contribution >= 4 is 34.2 Å². The number of thioether (sulfide) groups is 1. The third-order valence-electron chi connectivity index (χ3n) is 4.00. The van der Waals surface area contributed by atoms with E-state index >= 15 is 0 Å². The highest BCUT2D eigenvalue weighted by atomic mass is 32.2. The topological polar surface area (TPSA) is 40.5 Å². The van der Waals surface area contributed by atoms with Gasteiger partial charge in [0.1, 0.15) is 4.32 Å². The average molecular weight is 332 g/mol. The lowest BCUT2D eigenvalue weighted by molar-refractivity contribution is -0.130. The highest BCUT2D eigenvalue weighted by Crippen LogP contribution is 2.29. The predicted octanol–water partition coefficient (Wildman–Crippen LogP) is 3.98. The molecule has 1 heterocycles. The Morgan fingerprint density at radius 2 is 2.05 bits per heavy atom. The second-order valence-electron chi connectivity index (χ2n) is 6.21. The van der Waals surface area contributed by atoms with Crippen LogP contribution in [0.15, 0.2) is 0 Å². The molecule has 1 aliphatic rings. The molecule has 0 aliphatic carbocycles. The minimum atomic E-state index is -0.527. The van der Waals surface area contributed by atoms with Crippen LogP contribution in [0.2, 0.25) is 0 Å². The Hall–Kier alpha value is -0.130. The number of nitrogens with zero attached hydrogens (tertiary/aromatic N) is 1. The lowest BCUT2D eigenvalue weighted by atomic mass is 10.0. The minimum absolute atomic E-state index is 0.00948. The number of carbonyl (C=O) groups is 1. The second-order valence-corrected chi connectivity index (χ2v) is 7.87. The van der Waals surface area contributed by atoms with E-state index < -0.39 is 6.10 Å². The molecule has 1 amide bonds. The Labute approximate surface area is 138 Å². The number of hydrogen-bond donors (Lipinski definition) is 1. The maximum absolute atomic E-state index is 12.4. The fourth-order valence-corrected chi connectivity index (χ4v) is 4.26. The average Bonchev–Trinajstić information content (AvgIpc) is 2.80. The van der Waals surface area contributed by atoms with E-state index in [1.807, 2.05) is 0 Å². The first-order valence-corrected chi connectivity index (χ1v) is 9.53. The van der Waals surface area contributed by atoms with Gasteiger partial charge in [-0.05, 0) is 12.3 Å². The molecule has 1 fully saturated rings. The second kappa shape index (κ2) is 9.80. The summed E-state index contributed by atoms with van der Waals surface area (Å²) in [6.07, 6.45) is 6.24. The molecule has 3 nitrogen and oxygen atoms in total. The van der Waals surface area contributed by atoms with Crippen molar-refractivity contribution in [2.24, 2.45) is 5.92 Å². The van der Waals surface area contributed by atoms with Crippen molar-refractivity contribution < 1.29 is 9.90 Å². The van der Waals surface area contributed by atoms with Gasteiger partial charge in [0.15, 0.2) is 0 Å². The van der Waals surface area contributed by atoms with Crippen LogP contribution in [0.3, 0.4) is 0 Å². The summed E-state index contributed by atoms with van der Waals surface area (Å²) in [5, 5.41) is 10.1. The Morgan fingerprint density at radius 3 is 2.67 bits per heavy atom. The van der Waals surface area contributed by atoms with Crippen LogP contribution in [-0.2, 0) is 4.79 Å². The third kappa shape index (κ3) is 6.25. The summed E-state index contributed by atoms with van der Waals surface area (Å²) < 4.78 is 0.675. The molecule has 122 valence electrons. The Balaban J connectivity index is 2.35. The van der Waals surface area contributed by atoms with Gasteiger partial charge in [0.25, 0.3) is 0 Å². The number of rotatable bonds is 9. The van der Waals surface area contributed by atoms with Gasteiger partial charge in [-0.15, -0.1) is 0 Å². The standard InChI is InChI=1S/C16H29NO2S2/c1-4-5-6-7-8-9-13(18)10-15(19)17-14(12(2)3)11-21-16(17)20/h12-14,18H,4-11H2,1-3H3/t13-,14-/m1/s1. The zero-order valence-corrected chi connectivity index (χ0v) is 15.1. The van der Waals surface area contributed by atoms with Crippen LogP contribution in [-0.4, -0.2) is 38.1 Å². The van der Waals surface area contributed by atoms with Crippen molar-refractivity contribution in [3.05, 3.63) is 0 Å². The number of aliphatic hydroxyl groups excluding tert-OH is 1. The van der Waals surface area contributed by atoms with Gasteiger partial charge < -0.3 is 5.11 Å². The number of hydrogen-bond acceptors (Lipinski definition) is 4. The van der Waals surface area contributed by atoms with Gasteiger partial charge in [-0.25, -0.2) is 0 Å². The molecule has 0 bridgehead atoms. The number of amides is 1. The zero-order chi connectivity index (χ0) is 15.8. The van der Waals surface area contributed by atoms with Gasteiger partial charge in [-0.1, -0.05) is 76.9 Å². The van der Waals surface area contributed by atoms with Crippen molar-refractivity contribution in [1.29, 1.82) is 0 Å². The highest BCUT2D eigenvalue weighted by Gasteiger charge is 2.35. The Bertz CT molecular complexity index is 347. The van der Waals surface area contributed by atoms with Gasteiger partial charge in [0.05, 0.1) is 12.5 Å². The van der Waals surface area contributed by atoms with Gasteiger partial charge in [-0.2, -0.15) is 0 Å². The van der Waals surface area contributed by atoms with E-state index in [-0.39, 0.29) is 18.4 Å². The zero-order valence-electron chi connectivity index (χ0n) is 13.5. The van der Waals surface area contributed by atoms with Crippen molar-refractivity contribution in [1.82, 2.24) is 4.90 Å². The van der Waals surface area contributed by atoms with E-state index in [4.69, 9.17) is 12.2 Å². The molecule has 0 aromatic rings. The molecule has 0 radical (unpaired) electrons. The molecule has 0 unspecified atom stereocenters. The summed E-state index contributed by atoms with van der Waals surface area (Å²) in [5.41, 5.74) is 0. The maximum Gasteiger partial charge on any atom is 0.230 e. The molecule has 1 aliphatic heterocycles. The number of unbranched alkanes of at least 4 members (excludes halogenated alkanes) is 4. The van der Waals surface area contributed by atoms with E-state index in [1.165, 1.54) is 19.3 Å². The van der Waals surface area contributed by atoms with Crippen LogP contribution in [0.5, 0.6) is 0 Å². The van der Waals surface area contributed by atoms with Crippen LogP contribution in [0.1, 0.15) is 65.7 Å². The van der Waals surface area contributed by atoms with Crippen LogP contribution >= 0.6 is 24.0 Å². The van der Waals surface area contributed by atoms with E-state index in [9.17, 15) is 9.90 Å². The SMILES string of the molecule is CCCCCCC[C@@H](O)CC(=O)N1C(=S)SC[C@@H]1C(C)C. The van der Waals surface area contributed by atoms with Gasteiger partial charge in [-0.3, -0.25) is 9.69 Å². The van der Waals surface area contributed by atoms with Crippen LogP contribution < -0.4 is 0 Å². The summed E-state index contributed by atoms with van der Waals surface area (Å²) >= 11 is 6.87. The number of aliphatic hydroxyl groups is 1. The molecule has 0 saturated carbocycles. The molecular formula is C16H29NO2S2. The third-order valence-corrected chi connectivity index (χ3v) is 5.50. The molecule has 0 spiro atoms. The summed E-state index contributed by atoms with van der Waals surface area (Å²) in [6.45, 7) is 6.42. The summed E-state index contributed by atoms with van der Waals surface area (Å²) in [7, 11) is 0. The van der Waals surface area contributed by atoms with E-state index in [1.54, 1.807) is 16.7 Å². The number of thiocarbonyl (C=S) groups is 1. The summed E-state index contributed by atoms with van der Waals surface area (Å²) in [6, 6.07) is 0.187. The van der Waals surface area contributed by atoms with E-state index in [2.05, 4.69) is 20.8 Å². The monoisotopic (exact) mass is 331 g/mol. The molecule has 1 N–H and O–H groups in total. The van der Waals surface area contributed by atoms with Gasteiger partial charge in [0.2, 0.25) is 5.91 Å². The molecule has 1 saturated heterocycles. The molecular weight excluding hydrogens is 302 g/mol. The first-order chi connectivity index (χ1) is 9.97. The lowest BCUT2D eigenvalue weighted by Crippen LogP contribution is -2.42. The van der Waals surface area contributed by atoms with Crippen molar-refractivity contribution in [2.75, 3.05) is 5.75 Å². The van der Waals surface area contributed by atoms with Crippen molar-refractivity contribution in [3.8, 4) is 0 Å². The summed E-state index contributed by atoms with van der Waals surface area (Å²) in [5.74, 6) is 1.27. The lowest BCUT2D eigenvalue weighted by Gasteiger charge is -2.27. The van der Waals surface area contributed by atoms with Crippen molar-refractivity contribution in [2.45, 2.75) is 77.9 Å².